The number of nitrogens with one attached hydrogen (secondary N) is 1. The number of hydrogen-bond acceptors (Lipinski definition) is 5. The van der Waals surface area contributed by atoms with Crippen molar-refractivity contribution in [1.82, 2.24) is 5.32 Å². The fraction of sp³-hybridized carbons (Fsp3) is 0.800. The fourth-order valence-electron chi connectivity index (χ4n) is 3.80. The molecular weight excluding hydrogens is 290 g/mol. The molecular formula is C15H23NO6. The first kappa shape index (κ1) is 16.6. The van der Waals surface area contributed by atoms with E-state index in [2.05, 4.69) is 5.32 Å². The lowest BCUT2D eigenvalue weighted by molar-refractivity contribution is -0.158. The van der Waals surface area contributed by atoms with Crippen LogP contribution < -0.4 is 5.32 Å². The maximum Gasteiger partial charge on any atom is 0.407 e. The molecule has 7 heteroatoms. The zero-order chi connectivity index (χ0) is 16.7. The SMILES string of the molecule is COC(=O)[C@@H]1C2CC(C[C@@H]2NC(=O)OC(C)(C)C)[C@@H]1C(=O)O. The van der Waals surface area contributed by atoms with Crippen molar-refractivity contribution < 1.29 is 29.0 Å². The van der Waals surface area contributed by atoms with Gasteiger partial charge < -0.3 is 19.9 Å². The van der Waals surface area contributed by atoms with Crippen molar-refractivity contribution in [3.05, 3.63) is 0 Å². The van der Waals surface area contributed by atoms with Crippen LogP contribution in [0, 0.1) is 23.7 Å². The molecule has 0 aromatic heterocycles. The number of carboxylic acids is 1. The molecule has 2 saturated carbocycles. The van der Waals surface area contributed by atoms with Gasteiger partial charge in [-0.25, -0.2) is 4.79 Å². The molecule has 2 N–H and O–H groups in total. The predicted molar refractivity (Wildman–Crippen MR) is 76.0 cm³/mol. The fourth-order valence-corrected chi connectivity index (χ4v) is 3.80. The molecule has 2 aliphatic rings. The van der Waals surface area contributed by atoms with Gasteiger partial charge in [-0.3, -0.25) is 9.59 Å². The summed E-state index contributed by atoms with van der Waals surface area (Å²) in [6.07, 6.45) is 0.617. The predicted octanol–water partition coefficient (Wildman–Crippen LogP) is 1.41. The van der Waals surface area contributed by atoms with Gasteiger partial charge in [0.2, 0.25) is 0 Å². The smallest absolute Gasteiger partial charge is 0.407 e. The van der Waals surface area contributed by atoms with Gasteiger partial charge >= 0.3 is 18.0 Å². The molecule has 0 aliphatic heterocycles. The van der Waals surface area contributed by atoms with E-state index in [9.17, 15) is 19.5 Å². The van der Waals surface area contributed by atoms with Crippen LogP contribution in [0.25, 0.3) is 0 Å². The number of carbonyl (C=O) groups is 3. The number of alkyl carbamates (subject to hydrolysis) is 1. The Morgan fingerprint density at radius 1 is 1.14 bits per heavy atom. The summed E-state index contributed by atoms with van der Waals surface area (Å²) >= 11 is 0. The van der Waals surface area contributed by atoms with Crippen LogP contribution in [0.1, 0.15) is 33.6 Å². The van der Waals surface area contributed by atoms with Crippen LogP contribution in [0.4, 0.5) is 4.79 Å². The third-order valence-electron chi connectivity index (χ3n) is 4.47. The van der Waals surface area contributed by atoms with Gasteiger partial charge in [0.05, 0.1) is 18.9 Å². The average Bonchev–Trinajstić information content (AvgIpc) is 2.92. The first-order valence-corrected chi connectivity index (χ1v) is 7.44. The molecule has 5 atom stereocenters. The molecule has 2 bridgehead atoms. The first-order valence-electron chi connectivity index (χ1n) is 7.44. The number of amides is 1. The summed E-state index contributed by atoms with van der Waals surface area (Å²) in [6.45, 7) is 5.31. The average molecular weight is 313 g/mol. The van der Waals surface area contributed by atoms with Crippen molar-refractivity contribution in [2.24, 2.45) is 23.7 Å². The number of carboxylic acid groups (broad SMARTS) is 1. The van der Waals surface area contributed by atoms with Crippen LogP contribution in [0.5, 0.6) is 0 Å². The molecule has 2 unspecified atom stereocenters. The van der Waals surface area contributed by atoms with E-state index in [1.54, 1.807) is 20.8 Å². The summed E-state index contributed by atoms with van der Waals surface area (Å²) in [6, 6.07) is -0.250. The largest absolute Gasteiger partial charge is 0.481 e. The van der Waals surface area contributed by atoms with Gasteiger partial charge in [0.1, 0.15) is 5.60 Å². The van der Waals surface area contributed by atoms with E-state index in [4.69, 9.17) is 9.47 Å². The van der Waals surface area contributed by atoms with Gasteiger partial charge in [-0.2, -0.15) is 0 Å². The normalized spacial score (nSPS) is 33.4. The molecule has 2 rings (SSSR count). The minimum atomic E-state index is -0.974. The van der Waals surface area contributed by atoms with Crippen molar-refractivity contribution in [3.8, 4) is 0 Å². The molecule has 0 spiro atoms. The Hall–Kier alpha value is -1.79. The second-order valence-corrected chi connectivity index (χ2v) is 7.06. The Morgan fingerprint density at radius 2 is 1.77 bits per heavy atom. The summed E-state index contributed by atoms with van der Waals surface area (Å²) in [5.41, 5.74) is -0.604. The maximum absolute atomic E-state index is 11.9. The van der Waals surface area contributed by atoms with Gasteiger partial charge in [-0.15, -0.1) is 0 Å². The molecule has 0 saturated heterocycles. The van der Waals surface area contributed by atoms with E-state index in [1.165, 1.54) is 7.11 Å². The number of fused-ring (bicyclic) bond motifs is 2. The van der Waals surface area contributed by atoms with E-state index in [0.717, 1.165) is 0 Å². The number of ether oxygens (including phenoxy) is 2. The summed E-state index contributed by atoms with van der Waals surface area (Å²) in [5.74, 6) is -3.26. The van der Waals surface area contributed by atoms with Crippen molar-refractivity contribution in [2.45, 2.75) is 45.3 Å². The van der Waals surface area contributed by atoms with E-state index in [0.29, 0.717) is 12.8 Å². The van der Waals surface area contributed by atoms with Gasteiger partial charge in [-0.05, 0) is 45.4 Å². The summed E-state index contributed by atoms with van der Waals surface area (Å²) < 4.78 is 9.98. The Morgan fingerprint density at radius 3 is 2.27 bits per heavy atom. The van der Waals surface area contributed by atoms with Gasteiger partial charge in [0.15, 0.2) is 0 Å². The Balaban J connectivity index is 2.08. The van der Waals surface area contributed by atoms with Crippen LogP contribution in [0.2, 0.25) is 0 Å². The molecule has 0 radical (unpaired) electrons. The molecule has 7 nitrogen and oxygen atoms in total. The first-order chi connectivity index (χ1) is 10.1. The Kier molecular flexibility index (Phi) is 4.35. The van der Waals surface area contributed by atoms with Crippen LogP contribution in [0.3, 0.4) is 0 Å². The number of rotatable bonds is 3. The highest BCUT2D eigenvalue weighted by Gasteiger charge is 2.59. The lowest BCUT2D eigenvalue weighted by Crippen LogP contribution is -2.48. The summed E-state index contributed by atoms with van der Waals surface area (Å²) in [7, 11) is 1.25. The third-order valence-corrected chi connectivity index (χ3v) is 4.47. The van der Waals surface area contributed by atoms with Crippen molar-refractivity contribution >= 4 is 18.0 Å². The monoisotopic (exact) mass is 313 g/mol. The third kappa shape index (κ3) is 3.18. The molecule has 22 heavy (non-hydrogen) atoms. The number of hydrogen-bond donors (Lipinski definition) is 2. The molecule has 0 heterocycles. The zero-order valence-electron chi connectivity index (χ0n) is 13.3. The zero-order valence-corrected chi connectivity index (χ0v) is 13.3. The summed E-state index contributed by atoms with van der Waals surface area (Å²) in [4.78, 5) is 35.3. The van der Waals surface area contributed by atoms with Crippen molar-refractivity contribution in [2.75, 3.05) is 7.11 Å². The lowest BCUT2D eigenvalue weighted by Gasteiger charge is -2.32. The quantitative estimate of drug-likeness (QED) is 0.764. The highest BCUT2D eigenvalue weighted by Crippen LogP contribution is 2.52. The van der Waals surface area contributed by atoms with E-state index >= 15 is 0 Å². The molecule has 0 aromatic carbocycles. The highest BCUT2D eigenvalue weighted by atomic mass is 16.6. The van der Waals surface area contributed by atoms with Crippen LogP contribution >= 0.6 is 0 Å². The number of esters is 1. The van der Waals surface area contributed by atoms with Crippen LogP contribution in [-0.2, 0) is 19.1 Å². The van der Waals surface area contributed by atoms with E-state index in [-0.39, 0.29) is 17.9 Å². The number of methoxy groups -OCH3 is 1. The van der Waals surface area contributed by atoms with Gasteiger partial charge in [0.25, 0.3) is 0 Å². The number of carbonyl (C=O) groups excluding carboxylic acids is 2. The molecule has 2 aliphatic carbocycles. The molecule has 0 aromatic rings. The molecule has 2 fully saturated rings. The van der Waals surface area contributed by atoms with Gasteiger partial charge in [-0.1, -0.05) is 0 Å². The maximum atomic E-state index is 11.9. The van der Waals surface area contributed by atoms with Crippen molar-refractivity contribution in [3.63, 3.8) is 0 Å². The second-order valence-electron chi connectivity index (χ2n) is 7.06. The Labute approximate surface area is 129 Å². The topological polar surface area (TPSA) is 102 Å². The van der Waals surface area contributed by atoms with Crippen LogP contribution in [0.15, 0.2) is 0 Å². The van der Waals surface area contributed by atoms with E-state index in [1.807, 2.05) is 0 Å². The second kappa shape index (κ2) is 5.78. The summed E-state index contributed by atoms with van der Waals surface area (Å²) in [5, 5.41) is 12.1. The minimum absolute atomic E-state index is 0.119. The standard InChI is InChI=1S/C15H23NO6/c1-15(2,3)22-14(20)16-9-6-7-5-8(9)11(13(19)21-4)10(7)12(17)18/h7-11H,5-6H2,1-4H3,(H,16,20)(H,17,18)/t7?,8?,9-,10-,11+/m0/s1. The van der Waals surface area contributed by atoms with Gasteiger partial charge in [0, 0.05) is 6.04 Å². The number of aliphatic carboxylic acids is 1. The lowest BCUT2D eigenvalue weighted by atomic mass is 9.77. The minimum Gasteiger partial charge on any atom is -0.481 e. The molecule has 124 valence electrons. The van der Waals surface area contributed by atoms with Crippen LogP contribution in [-0.4, -0.2) is 41.9 Å². The van der Waals surface area contributed by atoms with E-state index < -0.39 is 35.5 Å². The van der Waals surface area contributed by atoms with Crippen molar-refractivity contribution in [1.29, 1.82) is 0 Å². The Bertz CT molecular complexity index is 483. The molecule has 1 amide bonds. The highest BCUT2D eigenvalue weighted by molar-refractivity contribution is 5.83.